The van der Waals surface area contributed by atoms with Gasteiger partial charge in [-0.3, -0.25) is 0 Å². The standard InChI is InChI=1S/C12H15BrClN/c1-3-4-5-9(2)15-12-8-10(14)6-7-11(12)13/h3,6-9,15H,1,4-5H2,2H3. The lowest BCUT2D eigenvalue weighted by Gasteiger charge is -2.15. The van der Waals surface area contributed by atoms with Crippen molar-refractivity contribution in [3.8, 4) is 0 Å². The molecule has 0 spiro atoms. The van der Waals surface area contributed by atoms with Crippen molar-refractivity contribution in [3.05, 3.63) is 40.3 Å². The summed E-state index contributed by atoms with van der Waals surface area (Å²) in [6.45, 7) is 5.86. The summed E-state index contributed by atoms with van der Waals surface area (Å²) in [5, 5.41) is 4.15. The van der Waals surface area contributed by atoms with Crippen molar-refractivity contribution in [1.29, 1.82) is 0 Å². The molecule has 3 heteroatoms. The molecule has 0 amide bonds. The summed E-state index contributed by atoms with van der Waals surface area (Å²) in [6.07, 6.45) is 4.03. The monoisotopic (exact) mass is 287 g/mol. The number of benzene rings is 1. The third kappa shape index (κ3) is 4.27. The van der Waals surface area contributed by atoms with Gasteiger partial charge in [0.15, 0.2) is 0 Å². The predicted octanol–water partition coefficient (Wildman–Crippen LogP) is 4.87. The Hall–Kier alpha value is -0.470. The van der Waals surface area contributed by atoms with Crippen LogP contribution >= 0.6 is 27.5 Å². The molecule has 0 saturated heterocycles. The Bertz CT molecular complexity index is 338. The summed E-state index contributed by atoms with van der Waals surface area (Å²) in [5.41, 5.74) is 1.04. The zero-order valence-corrected chi connectivity index (χ0v) is 11.1. The minimum Gasteiger partial charge on any atom is -0.382 e. The van der Waals surface area contributed by atoms with E-state index in [1.165, 1.54) is 0 Å². The van der Waals surface area contributed by atoms with E-state index in [9.17, 15) is 0 Å². The van der Waals surface area contributed by atoms with E-state index in [1.54, 1.807) is 0 Å². The van der Waals surface area contributed by atoms with E-state index >= 15 is 0 Å². The maximum Gasteiger partial charge on any atom is 0.0501 e. The molecular weight excluding hydrogens is 273 g/mol. The van der Waals surface area contributed by atoms with E-state index in [0.29, 0.717) is 6.04 Å². The molecule has 0 radical (unpaired) electrons. The van der Waals surface area contributed by atoms with Crippen LogP contribution in [0.1, 0.15) is 19.8 Å². The number of allylic oxidation sites excluding steroid dienone is 1. The third-order valence-electron chi connectivity index (χ3n) is 2.13. The van der Waals surface area contributed by atoms with Gasteiger partial charge >= 0.3 is 0 Å². The maximum absolute atomic E-state index is 5.93. The molecule has 0 aliphatic heterocycles. The van der Waals surface area contributed by atoms with Crippen molar-refractivity contribution in [2.75, 3.05) is 5.32 Å². The Balaban J connectivity index is 2.62. The Labute approximate surface area is 105 Å². The summed E-state index contributed by atoms with van der Waals surface area (Å²) in [5.74, 6) is 0. The summed E-state index contributed by atoms with van der Waals surface area (Å²) in [6, 6.07) is 6.16. The summed E-state index contributed by atoms with van der Waals surface area (Å²) in [4.78, 5) is 0. The molecule has 0 fully saturated rings. The second-order valence-electron chi connectivity index (χ2n) is 3.54. The first-order valence-electron chi connectivity index (χ1n) is 4.96. The highest BCUT2D eigenvalue weighted by atomic mass is 79.9. The van der Waals surface area contributed by atoms with Gasteiger partial charge < -0.3 is 5.32 Å². The summed E-state index contributed by atoms with van der Waals surface area (Å²) < 4.78 is 1.04. The molecule has 0 aliphatic carbocycles. The van der Waals surface area contributed by atoms with Crippen LogP contribution in [0, 0.1) is 0 Å². The minimum atomic E-state index is 0.415. The normalized spacial score (nSPS) is 12.2. The molecule has 1 rings (SSSR count). The molecule has 0 aliphatic rings. The van der Waals surface area contributed by atoms with E-state index in [1.807, 2.05) is 24.3 Å². The van der Waals surface area contributed by atoms with Crippen molar-refractivity contribution >= 4 is 33.2 Å². The van der Waals surface area contributed by atoms with E-state index < -0.39 is 0 Å². The van der Waals surface area contributed by atoms with Crippen LogP contribution in [0.3, 0.4) is 0 Å². The Morgan fingerprint density at radius 1 is 1.60 bits per heavy atom. The van der Waals surface area contributed by atoms with Gasteiger partial charge in [0.1, 0.15) is 0 Å². The van der Waals surface area contributed by atoms with Crippen LogP contribution in [-0.2, 0) is 0 Å². The summed E-state index contributed by atoms with van der Waals surface area (Å²) in [7, 11) is 0. The van der Waals surface area contributed by atoms with E-state index in [2.05, 4.69) is 34.7 Å². The second-order valence-corrected chi connectivity index (χ2v) is 4.83. The van der Waals surface area contributed by atoms with Gasteiger partial charge in [0.2, 0.25) is 0 Å². The van der Waals surface area contributed by atoms with E-state index in [0.717, 1.165) is 28.0 Å². The number of hydrogen-bond acceptors (Lipinski definition) is 1. The first kappa shape index (κ1) is 12.6. The van der Waals surface area contributed by atoms with Crippen LogP contribution in [0.2, 0.25) is 5.02 Å². The topological polar surface area (TPSA) is 12.0 Å². The van der Waals surface area contributed by atoms with Crippen molar-refractivity contribution < 1.29 is 0 Å². The fraction of sp³-hybridized carbons (Fsp3) is 0.333. The molecule has 0 heterocycles. The lowest BCUT2D eigenvalue weighted by atomic mass is 10.1. The Kier molecular flexibility index (Phi) is 5.20. The van der Waals surface area contributed by atoms with Crippen molar-refractivity contribution in [3.63, 3.8) is 0 Å². The SMILES string of the molecule is C=CCCC(C)Nc1cc(Cl)ccc1Br. The van der Waals surface area contributed by atoms with Gasteiger partial charge in [-0.05, 0) is 53.9 Å². The molecule has 1 N–H and O–H groups in total. The highest BCUT2D eigenvalue weighted by Crippen LogP contribution is 2.26. The fourth-order valence-electron chi connectivity index (χ4n) is 1.31. The van der Waals surface area contributed by atoms with Crippen molar-refractivity contribution in [2.45, 2.75) is 25.8 Å². The molecule has 1 atom stereocenters. The molecular formula is C12H15BrClN. The third-order valence-corrected chi connectivity index (χ3v) is 3.06. The highest BCUT2D eigenvalue weighted by molar-refractivity contribution is 9.10. The molecule has 1 unspecified atom stereocenters. The van der Waals surface area contributed by atoms with Gasteiger partial charge in [0, 0.05) is 15.5 Å². The van der Waals surface area contributed by atoms with Gasteiger partial charge in [0.05, 0.1) is 5.69 Å². The van der Waals surface area contributed by atoms with Crippen LogP contribution in [0.4, 0.5) is 5.69 Å². The maximum atomic E-state index is 5.93. The minimum absolute atomic E-state index is 0.415. The van der Waals surface area contributed by atoms with E-state index in [-0.39, 0.29) is 0 Å². The average Bonchev–Trinajstić information content (AvgIpc) is 2.20. The predicted molar refractivity (Wildman–Crippen MR) is 71.7 cm³/mol. The molecule has 1 nitrogen and oxygen atoms in total. The molecule has 0 saturated carbocycles. The summed E-state index contributed by atoms with van der Waals surface area (Å²) >= 11 is 9.41. The molecule has 15 heavy (non-hydrogen) atoms. The van der Waals surface area contributed by atoms with Crippen LogP contribution in [0.5, 0.6) is 0 Å². The lowest BCUT2D eigenvalue weighted by molar-refractivity contribution is 0.718. The van der Waals surface area contributed by atoms with Crippen LogP contribution in [0.25, 0.3) is 0 Å². The molecule has 1 aromatic carbocycles. The second kappa shape index (κ2) is 6.19. The van der Waals surface area contributed by atoms with Crippen LogP contribution < -0.4 is 5.32 Å². The van der Waals surface area contributed by atoms with Gasteiger partial charge in [0.25, 0.3) is 0 Å². The van der Waals surface area contributed by atoms with Gasteiger partial charge in [-0.15, -0.1) is 6.58 Å². The molecule has 0 aromatic heterocycles. The number of nitrogens with one attached hydrogen (secondary N) is 1. The first-order valence-corrected chi connectivity index (χ1v) is 6.13. The number of anilines is 1. The zero-order chi connectivity index (χ0) is 11.3. The van der Waals surface area contributed by atoms with Gasteiger partial charge in [-0.2, -0.15) is 0 Å². The van der Waals surface area contributed by atoms with Gasteiger partial charge in [-0.1, -0.05) is 17.7 Å². The van der Waals surface area contributed by atoms with E-state index in [4.69, 9.17) is 11.6 Å². The van der Waals surface area contributed by atoms with Crippen molar-refractivity contribution in [1.82, 2.24) is 0 Å². The zero-order valence-electron chi connectivity index (χ0n) is 8.76. The number of hydrogen-bond donors (Lipinski definition) is 1. The number of halogens is 2. The Morgan fingerprint density at radius 2 is 2.33 bits per heavy atom. The Morgan fingerprint density at radius 3 is 3.00 bits per heavy atom. The van der Waals surface area contributed by atoms with Gasteiger partial charge in [-0.25, -0.2) is 0 Å². The largest absolute Gasteiger partial charge is 0.382 e. The highest BCUT2D eigenvalue weighted by Gasteiger charge is 2.04. The average molecular weight is 289 g/mol. The molecule has 0 bridgehead atoms. The quantitative estimate of drug-likeness (QED) is 0.762. The van der Waals surface area contributed by atoms with Crippen molar-refractivity contribution in [2.24, 2.45) is 0 Å². The van der Waals surface area contributed by atoms with Crippen LogP contribution in [0.15, 0.2) is 35.3 Å². The smallest absolute Gasteiger partial charge is 0.0501 e. The first-order chi connectivity index (χ1) is 7.13. The lowest BCUT2D eigenvalue weighted by Crippen LogP contribution is -2.14. The van der Waals surface area contributed by atoms with Crippen LogP contribution in [-0.4, -0.2) is 6.04 Å². The molecule has 1 aromatic rings. The molecule has 82 valence electrons. The fourth-order valence-corrected chi connectivity index (χ4v) is 1.85. The number of rotatable bonds is 5.